The Bertz CT molecular complexity index is 726. The van der Waals surface area contributed by atoms with E-state index in [0.29, 0.717) is 17.7 Å². The molecule has 1 amide bonds. The Morgan fingerprint density at radius 3 is 3.19 bits per heavy atom. The van der Waals surface area contributed by atoms with E-state index in [2.05, 4.69) is 21.4 Å². The molecular weight excluding hydrogens is 264 g/mol. The van der Waals surface area contributed by atoms with Crippen LogP contribution >= 0.6 is 0 Å². The molecule has 21 heavy (non-hydrogen) atoms. The molecule has 1 aromatic carbocycles. The number of nitriles is 1. The van der Waals surface area contributed by atoms with Crippen LogP contribution in [0.25, 0.3) is 0 Å². The molecule has 0 bridgehead atoms. The second-order valence-electron chi connectivity index (χ2n) is 5.37. The van der Waals surface area contributed by atoms with Gasteiger partial charge in [0.2, 0.25) is 5.91 Å². The molecule has 1 aliphatic carbocycles. The van der Waals surface area contributed by atoms with E-state index in [-0.39, 0.29) is 11.8 Å². The van der Waals surface area contributed by atoms with E-state index in [1.807, 2.05) is 6.92 Å². The van der Waals surface area contributed by atoms with E-state index in [1.54, 1.807) is 24.3 Å². The number of fused-ring (bicyclic) bond motifs is 1. The van der Waals surface area contributed by atoms with Crippen molar-refractivity contribution in [2.75, 3.05) is 5.32 Å². The van der Waals surface area contributed by atoms with Gasteiger partial charge in [-0.2, -0.15) is 5.26 Å². The van der Waals surface area contributed by atoms with Crippen molar-refractivity contribution in [1.29, 1.82) is 5.26 Å². The number of anilines is 1. The zero-order valence-electron chi connectivity index (χ0n) is 11.8. The van der Waals surface area contributed by atoms with E-state index in [9.17, 15) is 4.79 Å². The molecule has 5 nitrogen and oxygen atoms in total. The monoisotopic (exact) mass is 280 g/mol. The number of benzene rings is 1. The summed E-state index contributed by atoms with van der Waals surface area (Å²) in [5.41, 5.74) is 3.38. The normalized spacial score (nSPS) is 16.9. The minimum atomic E-state index is -0.0527. The zero-order valence-corrected chi connectivity index (χ0v) is 11.8. The van der Waals surface area contributed by atoms with Gasteiger partial charge in [-0.05, 0) is 38.0 Å². The smallest absolute Gasteiger partial charge is 0.227 e. The minimum Gasteiger partial charge on any atom is -0.346 e. The maximum atomic E-state index is 12.4. The fraction of sp³-hybridized carbons (Fsp3) is 0.312. The molecule has 0 fully saturated rings. The number of nitrogens with zero attached hydrogens (tertiary/aromatic N) is 2. The lowest BCUT2D eigenvalue weighted by Gasteiger charge is -2.20. The summed E-state index contributed by atoms with van der Waals surface area (Å²) >= 11 is 0. The van der Waals surface area contributed by atoms with Gasteiger partial charge in [0.15, 0.2) is 0 Å². The average molecular weight is 280 g/mol. The van der Waals surface area contributed by atoms with E-state index < -0.39 is 0 Å². The maximum Gasteiger partial charge on any atom is 0.227 e. The van der Waals surface area contributed by atoms with Gasteiger partial charge in [0, 0.05) is 23.7 Å². The lowest BCUT2D eigenvalue weighted by atomic mass is 9.89. The van der Waals surface area contributed by atoms with Crippen LogP contribution in [0, 0.1) is 24.2 Å². The van der Waals surface area contributed by atoms with Gasteiger partial charge in [-0.15, -0.1) is 0 Å². The van der Waals surface area contributed by atoms with Crippen molar-refractivity contribution in [1.82, 2.24) is 9.97 Å². The highest BCUT2D eigenvalue weighted by Crippen LogP contribution is 2.25. The molecule has 1 heterocycles. The van der Waals surface area contributed by atoms with Crippen LogP contribution in [0.4, 0.5) is 5.69 Å². The van der Waals surface area contributed by atoms with Crippen LogP contribution in [-0.2, 0) is 17.6 Å². The number of hydrogen-bond acceptors (Lipinski definition) is 3. The standard InChI is InChI=1S/C16H16N4O/c1-10-18-14-6-5-12(8-15(14)19-10)16(21)20-13-4-2-3-11(7-13)9-17/h2-4,7,12H,5-6,8H2,1H3,(H,18,19)(H,20,21). The van der Waals surface area contributed by atoms with Gasteiger partial charge in [0.25, 0.3) is 0 Å². The highest BCUT2D eigenvalue weighted by Gasteiger charge is 2.26. The maximum absolute atomic E-state index is 12.4. The third-order valence-corrected chi connectivity index (χ3v) is 3.79. The quantitative estimate of drug-likeness (QED) is 0.885. The van der Waals surface area contributed by atoms with Gasteiger partial charge in [0.1, 0.15) is 5.82 Å². The van der Waals surface area contributed by atoms with Gasteiger partial charge < -0.3 is 10.3 Å². The highest BCUT2D eigenvalue weighted by atomic mass is 16.1. The second kappa shape index (κ2) is 5.41. The van der Waals surface area contributed by atoms with Crippen molar-refractivity contribution in [2.24, 2.45) is 5.92 Å². The topological polar surface area (TPSA) is 81.6 Å². The molecule has 106 valence electrons. The van der Waals surface area contributed by atoms with Crippen molar-refractivity contribution < 1.29 is 4.79 Å². The fourth-order valence-electron chi connectivity index (χ4n) is 2.76. The summed E-state index contributed by atoms with van der Waals surface area (Å²) < 4.78 is 0. The Kier molecular flexibility index (Phi) is 3.44. The molecule has 0 radical (unpaired) electrons. The number of amides is 1. The van der Waals surface area contributed by atoms with Gasteiger partial charge in [0.05, 0.1) is 17.3 Å². The molecule has 5 heteroatoms. The molecule has 1 unspecified atom stereocenters. The molecular formula is C16H16N4O. The third kappa shape index (κ3) is 2.79. The first-order valence-corrected chi connectivity index (χ1v) is 7.01. The van der Waals surface area contributed by atoms with Crippen molar-refractivity contribution >= 4 is 11.6 Å². The van der Waals surface area contributed by atoms with E-state index in [1.165, 1.54) is 0 Å². The summed E-state index contributed by atoms with van der Waals surface area (Å²) in [5, 5.41) is 11.8. The lowest BCUT2D eigenvalue weighted by molar-refractivity contribution is -0.120. The van der Waals surface area contributed by atoms with Crippen LogP contribution in [0.5, 0.6) is 0 Å². The Morgan fingerprint density at radius 1 is 1.52 bits per heavy atom. The van der Waals surface area contributed by atoms with E-state index in [4.69, 9.17) is 5.26 Å². The minimum absolute atomic E-state index is 0.00277. The molecule has 1 aromatic heterocycles. The number of rotatable bonds is 2. The number of nitrogens with one attached hydrogen (secondary N) is 2. The number of carbonyl (C=O) groups excluding carboxylic acids is 1. The number of aromatic amines is 1. The Morgan fingerprint density at radius 2 is 2.38 bits per heavy atom. The number of aromatic nitrogens is 2. The van der Waals surface area contributed by atoms with Gasteiger partial charge in [-0.1, -0.05) is 6.07 Å². The molecule has 0 aliphatic heterocycles. The molecule has 3 rings (SSSR count). The van der Waals surface area contributed by atoms with Crippen molar-refractivity contribution in [3.63, 3.8) is 0 Å². The second-order valence-corrected chi connectivity index (χ2v) is 5.37. The first-order chi connectivity index (χ1) is 10.2. The largest absolute Gasteiger partial charge is 0.346 e. The van der Waals surface area contributed by atoms with Crippen LogP contribution in [0.2, 0.25) is 0 Å². The predicted molar refractivity (Wildman–Crippen MR) is 78.6 cm³/mol. The SMILES string of the molecule is Cc1nc2c([nH]1)CC(C(=O)Nc1cccc(C#N)c1)CC2. The number of aryl methyl sites for hydroxylation is 2. The lowest BCUT2D eigenvalue weighted by Crippen LogP contribution is -2.28. The van der Waals surface area contributed by atoms with E-state index in [0.717, 1.165) is 30.1 Å². The van der Waals surface area contributed by atoms with E-state index >= 15 is 0 Å². The first-order valence-electron chi connectivity index (χ1n) is 7.01. The predicted octanol–water partition coefficient (Wildman–Crippen LogP) is 2.33. The summed E-state index contributed by atoms with van der Waals surface area (Å²) in [6.45, 7) is 1.93. The highest BCUT2D eigenvalue weighted by molar-refractivity contribution is 5.93. The van der Waals surface area contributed by atoms with Crippen LogP contribution in [0.3, 0.4) is 0 Å². The molecule has 1 aliphatic rings. The first kappa shape index (κ1) is 13.4. The summed E-state index contributed by atoms with van der Waals surface area (Å²) in [4.78, 5) is 20.0. The van der Waals surface area contributed by atoms with Crippen molar-refractivity contribution in [2.45, 2.75) is 26.2 Å². The zero-order chi connectivity index (χ0) is 14.8. The van der Waals surface area contributed by atoms with Crippen LogP contribution in [-0.4, -0.2) is 15.9 Å². The van der Waals surface area contributed by atoms with Crippen LogP contribution in [0.15, 0.2) is 24.3 Å². The van der Waals surface area contributed by atoms with Crippen LogP contribution < -0.4 is 5.32 Å². The number of H-pyrrole nitrogens is 1. The van der Waals surface area contributed by atoms with Crippen LogP contribution in [0.1, 0.15) is 29.2 Å². The van der Waals surface area contributed by atoms with Gasteiger partial charge in [-0.3, -0.25) is 4.79 Å². The fourth-order valence-corrected chi connectivity index (χ4v) is 2.76. The summed E-state index contributed by atoms with van der Waals surface area (Å²) in [6.07, 6.45) is 2.33. The summed E-state index contributed by atoms with van der Waals surface area (Å²) in [5.74, 6) is 0.855. The molecule has 1 atom stereocenters. The molecule has 2 aromatic rings. The Labute approximate surface area is 123 Å². The number of carbonyl (C=O) groups is 1. The van der Waals surface area contributed by atoms with Crippen molar-refractivity contribution in [3.8, 4) is 6.07 Å². The number of hydrogen-bond donors (Lipinski definition) is 2. The Hall–Kier alpha value is -2.61. The summed E-state index contributed by atoms with van der Waals surface area (Å²) in [6, 6.07) is 9.04. The van der Waals surface area contributed by atoms with Gasteiger partial charge in [-0.25, -0.2) is 4.98 Å². The average Bonchev–Trinajstić information content (AvgIpc) is 2.86. The molecule has 0 saturated carbocycles. The molecule has 0 saturated heterocycles. The Balaban J connectivity index is 1.70. The summed E-state index contributed by atoms with van der Waals surface area (Å²) in [7, 11) is 0. The third-order valence-electron chi connectivity index (χ3n) is 3.79. The van der Waals surface area contributed by atoms with Crippen molar-refractivity contribution in [3.05, 3.63) is 47.0 Å². The van der Waals surface area contributed by atoms with Gasteiger partial charge >= 0.3 is 0 Å². The number of imidazole rings is 1. The molecule has 2 N–H and O–H groups in total. The molecule has 0 spiro atoms.